The van der Waals surface area contributed by atoms with Crippen LogP contribution in [0, 0.1) is 5.82 Å². The summed E-state index contributed by atoms with van der Waals surface area (Å²) in [6.45, 7) is 0. The van der Waals surface area contributed by atoms with Crippen LogP contribution in [0.15, 0.2) is 34.8 Å². The third-order valence-electron chi connectivity index (χ3n) is 2.75. The molecule has 0 unspecified atom stereocenters. The number of rotatable bonds is 4. The fraction of sp³-hybridized carbons (Fsp3) is 0.143. The van der Waals surface area contributed by atoms with Gasteiger partial charge in [0.15, 0.2) is 11.5 Å². The molecule has 3 N–H and O–H groups in total. The second kappa shape index (κ2) is 6.00. The molecule has 0 fully saturated rings. The van der Waals surface area contributed by atoms with E-state index in [9.17, 15) is 4.39 Å². The van der Waals surface area contributed by atoms with Crippen LogP contribution in [0.1, 0.15) is 0 Å². The van der Waals surface area contributed by atoms with Gasteiger partial charge < -0.3 is 20.5 Å². The predicted octanol–water partition coefficient (Wildman–Crippen LogP) is 3.93. The van der Waals surface area contributed by atoms with Crippen LogP contribution in [-0.4, -0.2) is 14.2 Å². The zero-order valence-electron chi connectivity index (χ0n) is 11.0. The van der Waals surface area contributed by atoms with Crippen molar-refractivity contribution in [1.82, 2.24) is 0 Å². The molecule has 0 atom stereocenters. The summed E-state index contributed by atoms with van der Waals surface area (Å²) >= 11 is 3.13. The lowest BCUT2D eigenvalue weighted by atomic mass is 10.2. The highest BCUT2D eigenvalue weighted by atomic mass is 79.9. The normalized spacial score (nSPS) is 10.2. The summed E-state index contributed by atoms with van der Waals surface area (Å²) in [6.07, 6.45) is 0. The number of anilines is 3. The van der Waals surface area contributed by atoms with Crippen molar-refractivity contribution in [2.45, 2.75) is 0 Å². The van der Waals surface area contributed by atoms with E-state index >= 15 is 0 Å². The number of nitrogens with one attached hydrogen (secondary N) is 1. The SMILES string of the molecule is COc1ccc(Nc2cc(Br)c(F)cc2N)cc1OC. The Morgan fingerprint density at radius 3 is 2.45 bits per heavy atom. The molecule has 0 aliphatic heterocycles. The van der Waals surface area contributed by atoms with Gasteiger partial charge in [0.1, 0.15) is 5.82 Å². The highest BCUT2D eigenvalue weighted by molar-refractivity contribution is 9.10. The van der Waals surface area contributed by atoms with E-state index in [4.69, 9.17) is 15.2 Å². The van der Waals surface area contributed by atoms with Crippen molar-refractivity contribution >= 4 is 33.0 Å². The maximum Gasteiger partial charge on any atom is 0.162 e. The Kier molecular flexibility index (Phi) is 4.34. The van der Waals surface area contributed by atoms with Crippen molar-refractivity contribution < 1.29 is 13.9 Å². The molecule has 106 valence electrons. The van der Waals surface area contributed by atoms with Gasteiger partial charge in [0, 0.05) is 17.8 Å². The third-order valence-corrected chi connectivity index (χ3v) is 3.36. The maximum atomic E-state index is 13.3. The molecular formula is C14H14BrFN2O2. The molecule has 0 aliphatic carbocycles. The van der Waals surface area contributed by atoms with Gasteiger partial charge in [-0.25, -0.2) is 4.39 Å². The van der Waals surface area contributed by atoms with Crippen LogP contribution in [0.25, 0.3) is 0 Å². The van der Waals surface area contributed by atoms with Gasteiger partial charge in [0.2, 0.25) is 0 Å². The summed E-state index contributed by atoms with van der Waals surface area (Å²) in [4.78, 5) is 0. The Morgan fingerprint density at radius 2 is 1.80 bits per heavy atom. The van der Waals surface area contributed by atoms with E-state index in [1.807, 2.05) is 6.07 Å². The van der Waals surface area contributed by atoms with Gasteiger partial charge in [-0.05, 0) is 34.1 Å². The summed E-state index contributed by atoms with van der Waals surface area (Å²) in [5.74, 6) is 0.823. The largest absolute Gasteiger partial charge is 0.493 e. The van der Waals surface area contributed by atoms with Crippen LogP contribution in [0.2, 0.25) is 0 Å². The first kappa shape index (κ1) is 14.5. The minimum Gasteiger partial charge on any atom is -0.493 e. The van der Waals surface area contributed by atoms with E-state index in [2.05, 4.69) is 21.2 Å². The van der Waals surface area contributed by atoms with Crippen LogP contribution in [0.3, 0.4) is 0 Å². The fourth-order valence-corrected chi connectivity index (χ4v) is 2.08. The third kappa shape index (κ3) is 2.96. The predicted molar refractivity (Wildman–Crippen MR) is 81.3 cm³/mol. The average molecular weight is 341 g/mol. The summed E-state index contributed by atoms with van der Waals surface area (Å²) in [7, 11) is 3.13. The van der Waals surface area contributed by atoms with Crippen molar-refractivity contribution in [2.75, 3.05) is 25.3 Å². The zero-order chi connectivity index (χ0) is 14.7. The molecule has 6 heteroatoms. The molecule has 0 amide bonds. The molecule has 0 heterocycles. The molecule has 20 heavy (non-hydrogen) atoms. The summed E-state index contributed by atoms with van der Waals surface area (Å²) in [5, 5.41) is 3.11. The van der Waals surface area contributed by atoms with E-state index in [-0.39, 0.29) is 0 Å². The lowest BCUT2D eigenvalue weighted by Crippen LogP contribution is -1.98. The molecule has 4 nitrogen and oxygen atoms in total. The Balaban J connectivity index is 2.33. The highest BCUT2D eigenvalue weighted by Crippen LogP contribution is 2.33. The van der Waals surface area contributed by atoms with E-state index in [1.54, 1.807) is 32.4 Å². The number of benzene rings is 2. The molecule has 0 radical (unpaired) electrons. The highest BCUT2D eigenvalue weighted by Gasteiger charge is 2.08. The number of nitrogens with two attached hydrogens (primary N) is 1. The zero-order valence-corrected chi connectivity index (χ0v) is 12.6. The smallest absolute Gasteiger partial charge is 0.162 e. The molecule has 2 aromatic rings. The standard InChI is InChI=1S/C14H14BrFN2O2/c1-19-13-4-3-8(5-14(13)20-2)18-12-6-9(15)10(16)7-11(12)17/h3-7,18H,17H2,1-2H3. The molecule has 2 aromatic carbocycles. The van der Waals surface area contributed by atoms with Crippen LogP contribution in [-0.2, 0) is 0 Å². The molecule has 0 saturated heterocycles. The topological polar surface area (TPSA) is 56.5 Å². The van der Waals surface area contributed by atoms with E-state index in [0.717, 1.165) is 5.69 Å². The Morgan fingerprint density at radius 1 is 1.10 bits per heavy atom. The summed E-state index contributed by atoms with van der Waals surface area (Å²) in [5.41, 5.74) is 7.46. The fourth-order valence-electron chi connectivity index (χ4n) is 1.74. The van der Waals surface area contributed by atoms with Crippen molar-refractivity contribution in [2.24, 2.45) is 0 Å². The van der Waals surface area contributed by atoms with Gasteiger partial charge in [-0.3, -0.25) is 0 Å². The molecule has 0 aliphatic rings. The number of hydrogen-bond acceptors (Lipinski definition) is 4. The number of ether oxygens (including phenoxy) is 2. The monoisotopic (exact) mass is 340 g/mol. The minimum atomic E-state index is -0.402. The summed E-state index contributed by atoms with van der Waals surface area (Å²) in [6, 6.07) is 8.21. The van der Waals surface area contributed by atoms with Gasteiger partial charge in [0.25, 0.3) is 0 Å². The van der Waals surface area contributed by atoms with Gasteiger partial charge in [0.05, 0.1) is 30.1 Å². The molecule has 2 rings (SSSR count). The van der Waals surface area contributed by atoms with Crippen molar-refractivity contribution in [3.63, 3.8) is 0 Å². The first-order valence-electron chi connectivity index (χ1n) is 5.78. The molecule has 0 spiro atoms. The van der Waals surface area contributed by atoms with Crippen molar-refractivity contribution in [3.8, 4) is 11.5 Å². The number of methoxy groups -OCH3 is 2. The van der Waals surface area contributed by atoms with Crippen molar-refractivity contribution in [1.29, 1.82) is 0 Å². The second-order valence-electron chi connectivity index (χ2n) is 4.05. The second-order valence-corrected chi connectivity index (χ2v) is 4.90. The van der Waals surface area contributed by atoms with E-state index in [0.29, 0.717) is 27.3 Å². The minimum absolute atomic E-state index is 0.320. The number of nitrogen functional groups attached to an aromatic ring is 1. The lowest BCUT2D eigenvalue weighted by molar-refractivity contribution is 0.355. The van der Waals surface area contributed by atoms with Crippen LogP contribution >= 0.6 is 15.9 Å². The number of hydrogen-bond donors (Lipinski definition) is 2. The molecule has 0 bridgehead atoms. The van der Waals surface area contributed by atoms with Crippen LogP contribution in [0.5, 0.6) is 11.5 Å². The number of halogens is 2. The quantitative estimate of drug-likeness (QED) is 0.828. The van der Waals surface area contributed by atoms with Crippen molar-refractivity contribution in [3.05, 3.63) is 40.6 Å². The van der Waals surface area contributed by atoms with Gasteiger partial charge >= 0.3 is 0 Å². The van der Waals surface area contributed by atoms with E-state index < -0.39 is 5.82 Å². The van der Waals surface area contributed by atoms with Crippen LogP contribution in [0.4, 0.5) is 21.5 Å². The molecule has 0 saturated carbocycles. The first-order valence-corrected chi connectivity index (χ1v) is 6.58. The van der Waals surface area contributed by atoms with Gasteiger partial charge in [-0.15, -0.1) is 0 Å². The Bertz CT molecular complexity index is 635. The maximum absolute atomic E-state index is 13.3. The Hall–Kier alpha value is -1.95. The Labute approximate surface area is 124 Å². The van der Waals surface area contributed by atoms with Gasteiger partial charge in [-0.1, -0.05) is 0 Å². The summed E-state index contributed by atoms with van der Waals surface area (Å²) < 4.78 is 24.1. The molecular weight excluding hydrogens is 327 g/mol. The lowest BCUT2D eigenvalue weighted by Gasteiger charge is -2.13. The first-order chi connectivity index (χ1) is 9.55. The molecule has 0 aromatic heterocycles. The van der Waals surface area contributed by atoms with Crippen LogP contribution < -0.4 is 20.5 Å². The van der Waals surface area contributed by atoms with Gasteiger partial charge in [-0.2, -0.15) is 0 Å². The van der Waals surface area contributed by atoms with E-state index in [1.165, 1.54) is 6.07 Å². The average Bonchev–Trinajstić information content (AvgIpc) is 2.44.